The molecule has 0 fully saturated rings. The maximum absolute atomic E-state index is 5.20. The predicted octanol–water partition coefficient (Wildman–Crippen LogP) is 11.8. The van der Waals surface area contributed by atoms with Crippen LogP contribution in [-0.4, -0.2) is 14.1 Å². The summed E-state index contributed by atoms with van der Waals surface area (Å²) in [5.74, 6) is 0. The number of benzene rings is 7. The molecule has 3 aromatic heterocycles. The van der Waals surface area contributed by atoms with E-state index in [4.69, 9.17) is 4.98 Å². The normalized spacial score (nSPS) is 11.8. The second kappa shape index (κ2) is 10.5. The molecule has 0 aliphatic rings. The lowest BCUT2D eigenvalue weighted by molar-refractivity contribution is 1.16. The second-order valence-electron chi connectivity index (χ2n) is 12.4. The van der Waals surface area contributed by atoms with Crippen molar-refractivity contribution in [2.75, 3.05) is 0 Å². The summed E-state index contributed by atoms with van der Waals surface area (Å²) in [4.78, 5) is 5.20. The Kier molecular flexibility index (Phi) is 5.87. The molecule has 0 N–H and O–H groups in total. The van der Waals surface area contributed by atoms with Gasteiger partial charge in [-0.2, -0.15) is 0 Å². The van der Waals surface area contributed by atoms with Gasteiger partial charge in [0.25, 0.3) is 0 Å². The summed E-state index contributed by atoms with van der Waals surface area (Å²) in [7, 11) is 0. The third-order valence-electron chi connectivity index (χ3n) is 9.66. The van der Waals surface area contributed by atoms with Crippen molar-refractivity contribution in [3.05, 3.63) is 176 Å². The van der Waals surface area contributed by atoms with Gasteiger partial charge in [-0.05, 0) is 53.9 Å². The van der Waals surface area contributed by atoms with Crippen LogP contribution < -0.4 is 0 Å². The highest BCUT2D eigenvalue weighted by atomic mass is 15.0. The summed E-state index contributed by atoms with van der Waals surface area (Å²) in [6, 6.07) is 63.1. The Bertz CT molecular complexity index is 2750. The molecule has 3 nitrogen and oxygen atoms in total. The summed E-state index contributed by atoms with van der Waals surface area (Å²) < 4.78 is 4.85. The van der Waals surface area contributed by atoms with Crippen molar-refractivity contribution in [1.82, 2.24) is 14.1 Å². The lowest BCUT2D eigenvalue weighted by Crippen LogP contribution is -1.99. The topological polar surface area (TPSA) is 22.8 Å². The fourth-order valence-electron chi connectivity index (χ4n) is 7.53. The molecule has 224 valence electrons. The first-order valence-electron chi connectivity index (χ1n) is 16.4. The fraction of sp³-hybridized carbons (Fsp3) is 0. The van der Waals surface area contributed by atoms with Crippen molar-refractivity contribution in [2.24, 2.45) is 0 Å². The number of nitrogens with zero attached hydrogens (tertiary/aromatic N) is 3. The molecule has 3 heterocycles. The number of fused-ring (bicyclic) bond motifs is 8. The lowest BCUT2D eigenvalue weighted by atomic mass is 10.0. The summed E-state index contributed by atoms with van der Waals surface area (Å²) in [6.45, 7) is 0. The van der Waals surface area contributed by atoms with Gasteiger partial charge in [0, 0.05) is 43.7 Å². The Morgan fingerprint density at radius 3 is 1.52 bits per heavy atom. The quantitative estimate of drug-likeness (QED) is 0.194. The molecular formula is C45H29N3. The van der Waals surface area contributed by atoms with Gasteiger partial charge >= 0.3 is 0 Å². The minimum Gasteiger partial charge on any atom is -0.309 e. The molecule has 0 radical (unpaired) electrons. The summed E-state index contributed by atoms with van der Waals surface area (Å²) >= 11 is 0. The van der Waals surface area contributed by atoms with Crippen molar-refractivity contribution in [1.29, 1.82) is 0 Å². The molecule has 0 aliphatic carbocycles. The first-order chi connectivity index (χ1) is 23.8. The molecule has 0 saturated heterocycles. The van der Waals surface area contributed by atoms with Crippen LogP contribution in [-0.2, 0) is 0 Å². The van der Waals surface area contributed by atoms with E-state index in [1.165, 1.54) is 54.4 Å². The monoisotopic (exact) mass is 611 g/mol. The Morgan fingerprint density at radius 2 is 0.875 bits per heavy atom. The molecule has 0 atom stereocenters. The first-order valence-corrected chi connectivity index (χ1v) is 16.4. The molecule has 0 bridgehead atoms. The van der Waals surface area contributed by atoms with Crippen LogP contribution in [0.3, 0.4) is 0 Å². The standard InChI is InChI=1S/C45H29N3/c1-4-14-30(15-5-1)40-27-34(28-41(46-40)31-16-6-2-7-17-31)48-43-23-13-10-20-35(43)37-25-24-32-26-44-39(29-38(32)45(37)48)36-21-11-12-22-42(36)47(44)33-18-8-3-9-19-33/h1-29H. The van der Waals surface area contributed by atoms with Gasteiger partial charge in [-0.15, -0.1) is 0 Å². The first kappa shape index (κ1) is 26.7. The van der Waals surface area contributed by atoms with Gasteiger partial charge in [-0.1, -0.05) is 127 Å². The van der Waals surface area contributed by atoms with E-state index in [2.05, 4.69) is 185 Å². The Hall–Kier alpha value is -6.45. The van der Waals surface area contributed by atoms with Gasteiger partial charge in [-0.25, -0.2) is 4.98 Å². The van der Waals surface area contributed by atoms with E-state index in [1.54, 1.807) is 0 Å². The van der Waals surface area contributed by atoms with Crippen molar-refractivity contribution in [3.8, 4) is 33.9 Å². The van der Waals surface area contributed by atoms with Crippen LogP contribution in [0.2, 0.25) is 0 Å². The van der Waals surface area contributed by atoms with Gasteiger partial charge in [0.05, 0.1) is 39.1 Å². The second-order valence-corrected chi connectivity index (χ2v) is 12.4. The van der Waals surface area contributed by atoms with Gasteiger partial charge in [0.1, 0.15) is 0 Å². The average Bonchev–Trinajstić information content (AvgIpc) is 3.67. The van der Waals surface area contributed by atoms with Gasteiger partial charge < -0.3 is 9.13 Å². The molecule has 7 aromatic carbocycles. The number of aromatic nitrogens is 3. The zero-order chi connectivity index (χ0) is 31.6. The smallest absolute Gasteiger partial charge is 0.0730 e. The number of hydrogen-bond acceptors (Lipinski definition) is 1. The van der Waals surface area contributed by atoms with Crippen LogP contribution in [0.15, 0.2) is 176 Å². The van der Waals surface area contributed by atoms with Crippen molar-refractivity contribution < 1.29 is 0 Å². The van der Waals surface area contributed by atoms with E-state index in [-0.39, 0.29) is 0 Å². The van der Waals surface area contributed by atoms with Gasteiger partial charge in [-0.3, -0.25) is 0 Å². The van der Waals surface area contributed by atoms with Crippen LogP contribution in [0.25, 0.3) is 88.3 Å². The third kappa shape index (κ3) is 4.04. The average molecular weight is 612 g/mol. The fourth-order valence-corrected chi connectivity index (χ4v) is 7.53. The molecule has 10 rings (SSSR count). The van der Waals surface area contributed by atoms with Crippen LogP contribution in [0.1, 0.15) is 0 Å². The van der Waals surface area contributed by atoms with Crippen molar-refractivity contribution in [3.63, 3.8) is 0 Å². The highest BCUT2D eigenvalue weighted by Crippen LogP contribution is 2.41. The minimum atomic E-state index is 0.950. The number of para-hydroxylation sites is 3. The van der Waals surface area contributed by atoms with Gasteiger partial charge in [0.15, 0.2) is 0 Å². The third-order valence-corrected chi connectivity index (χ3v) is 9.66. The SMILES string of the molecule is c1ccc(-c2cc(-n3c4ccccc4c4ccc5cc6c(cc5c43)c3ccccc3n6-c3ccccc3)cc(-c3ccccc3)n2)cc1. The lowest BCUT2D eigenvalue weighted by Gasteiger charge is -2.14. The molecule has 0 amide bonds. The maximum atomic E-state index is 5.20. The van der Waals surface area contributed by atoms with Crippen molar-refractivity contribution >= 4 is 54.4 Å². The van der Waals surface area contributed by atoms with E-state index in [1.807, 2.05) is 0 Å². The van der Waals surface area contributed by atoms with E-state index < -0.39 is 0 Å². The number of pyridine rings is 1. The largest absolute Gasteiger partial charge is 0.309 e. The Morgan fingerprint density at radius 1 is 0.333 bits per heavy atom. The summed E-state index contributed by atoms with van der Waals surface area (Å²) in [6.07, 6.45) is 0. The number of rotatable bonds is 4. The van der Waals surface area contributed by atoms with E-state index in [0.29, 0.717) is 0 Å². The molecule has 10 aromatic rings. The van der Waals surface area contributed by atoms with Crippen LogP contribution >= 0.6 is 0 Å². The zero-order valence-corrected chi connectivity index (χ0v) is 26.1. The van der Waals surface area contributed by atoms with Crippen LogP contribution in [0, 0.1) is 0 Å². The minimum absolute atomic E-state index is 0.950. The van der Waals surface area contributed by atoms with E-state index >= 15 is 0 Å². The van der Waals surface area contributed by atoms with E-state index in [9.17, 15) is 0 Å². The molecule has 48 heavy (non-hydrogen) atoms. The van der Waals surface area contributed by atoms with Crippen molar-refractivity contribution in [2.45, 2.75) is 0 Å². The highest BCUT2D eigenvalue weighted by molar-refractivity contribution is 6.22. The Balaban J connectivity index is 1.34. The predicted molar refractivity (Wildman–Crippen MR) is 201 cm³/mol. The van der Waals surface area contributed by atoms with Gasteiger partial charge in [0.2, 0.25) is 0 Å². The maximum Gasteiger partial charge on any atom is 0.0730 e. The zero-order valence-electron chi connectivity index (χ0n) is 26.1. The molecule has 3 heteroatoms. The van der Waals surface area contributed by atoms with Crippen LogP contribution in [0.4, 0.5) is 0 Å². The van der Waals surface area contributed by atoms with Crippen LogP contribution in [0.5, 0.6) is 0 Å². The molecule has 0 spiro atoms. The molecule has 0 unspecified atom stereocenters. The summed E-state index contributed by atoms with van der Waals surface area (Å²) in [5, 5.41) is 7.41. The molecule has 0 saturated carbocycles. The summed E-state index contributed by atoms with van der Waals surface area (Å²) in [5.41, 5.74) is 11.1. The number of hydrogen-bond donors (Lipinski definition) is 0. The highest BCUT2D eigenvalue weighted by Gasteiger charge is 2.19. The van der Waals surface area contributed by atoms with E-state index in [0.717, 1.165) is 33.9 Å². The Labute approximate surface area is 277 Å². The molecule has 0 aliphatic heterocycles. The molecular weight excluding hydrogens is 583 g/mol.